The van der Waals surface area contributed by atoms with Crippen LogP contribution in [0.5, 0.6) is 5.75 Å². The third kappa shape index (κ3) is 6.13. The lowest BCUT2D eigenvalue weighted by Gasteiger charge is -2.17. The molecule has 5 N–H and O–H groups in total. The van der Waals surface area contributed by atoms with Crippen LogP contribution < -0.4 is 21.6 Å². The number of amides is 2. The SMILES string of the molecule is Nc1ccc(F)cc1C(=O)N(N)CC(=O)NCc1ccc(OC(F)(F)F)cc1. The van der Waals surface area contributed by atoms with Crippen LogP contribution in [0.1, 0.15) is 15.9 Å². The Morgan fingerprint density at radius 2 is 1.75 bits per heavy atom. The van der Waals surface area contributed by atoms with Gasteiger partial charge in [-0.15, -0.1) is 13.2 Å². The summed E-state index contributed by atoms with van der Waals surface area (Å²) in [6.07, 6.45) is -4.79. The molecule has 7 nitrogen and oxygen atoms in total. The standard InChI is InChI=1S/C17H16F4N4O3/c18-11-3-6-14(22)13(7-11)16(27)25(23)9-15(26)24-8-10-1-4-12(5-2-10)28-17(19,20)21/h1-7H,8-9,22-23H2,(H,24,26). The molecule has 0 saturated heterocycles. The van der Waals surface area contributed by atoms with E-state index in [9.17, 15) is 27.2 Å². The van der Waals surface area contributed by atoms with E-state index in [0.717, 1.165) is 24.3 Å². The number of ether oxygens (including phenoxy) is 1. The molecule has 2 amide bonds. The smallest absolute Gasteiger partial charge is 0.406 e. The minimum Gasteiger partial charge on any atom is -0.406 e. The maximum Gasteiger partial charge on any atom is 0.573 e. The summed E-state index contributed by atoms with van der Waals surface area (Å²) in [6, 6.07) is 8.04. The van der Waals surface area contributed by atoms with Gasteiger partial charge in [-0.1, -0.05) is 12.1 Å². The van der Waals surface area contributed by atoms with Gasteiger partial charge < -0.3 is 15.8 Å². The average Bonchev–Trinajstić information content (AvgIpc) is 2.61. The zero-order valence-electron chi connectivity index (χ0n) is 14.3. The van der Waals surface area contributed by atoms with E-state index >= 15 is 0 Å². The molecule has 2 rings (SSSR count). The number of nitrogens with one attached hydrogen (secondary N) is 1. The minimum atomic E-state index is -4.79. The fourth-order valence-corrected chi connectivity index (χ4v) is 2.16. The summed E-state index contributed by atoms with van der Waals surface area (Å²) in [6.45, 7) is -0.556. The Morgan fingerprint density at radius 3 is 2.36 bits per heavy atom. The maximum absolute atomic E-state index is 13.2. The predicted octanol–water partition coefficient (Wildman–Crippen LogP) is 1.94. The maximum atomic E-state index is 13.2. The van der Waals surface area contributed by atoms with Crippen LogP contribution in [0, 0.1) is 5.82 Å². The van der Waals surface area contributed by atoms with Crippen molar-refractivity contribution >= 4 is 17.5 Å². The molecule has 11 heteroatoms. The first kappa shape index (κ1) is 21.0. The molecule has 150 valence electrons. The highest BCUT2D eigenvalue weighted by atomic mass is 19.4. The summed E-state index contributed by atoms with van der Waals surface area (Å²) in [5.74, 6) is 2.97. The van der Waals surface area contributed by atoms with Crippen LogP contribution in [-0.2, 0) is 11.3 Å². The molecule has 2 aromatic rings. The van der Waals surface area contributed by atoms with Crippen LogP contribution >= 0.6 is 0 Å². The number of hydrogen-bond donors (Lipinski definition) is 3. The number of anilines is 1. The number of alkyl halides is 3. The summed E-state index contributed by atoms with van der Waals surface area (Å²) in [5.41, 5.74) is 5.90. The van der Waals surface area contributed by atoms with Crippen molar-refractivity contribution in [1.29, 1.82) is 0 Å². The topological polar surface area (TPSA) is 111 Å². The molecule has 0 fully saturated rings. The molecule has 0 aliphatic carbocycles. The van der Waals surface area contributed by atoms with Crippen molar-refractivity contribution in [3.63, 3.8) is 0 Å². The van der Waals surface area contributed by atoms with Crippen LogP contribution in [0.3, 0.4) is 0 Å². The zero-order chi connectivity index (χ0) is 20.9. The number of nitrogen functional groups attached to an aromatic ring is 1. The van der Waals surface area contributed by atoms with Crippen LogP contribution in [0.4, 0.5) is 23.2 Å². The second-order valence-corrected chi connectivity index (χ2v) is 5.63. The first-order valence-electron chi connectivity index (χ1n) is 7.78. The normalized spacial score (nSPS) is 11.0. The van der Waals surface area contributed by atoms with Gasteiger partial charge in [0.05, 0.1) is 5.56 Å². The lowest BCUT2D eigenvalue weighted by atomic mass is 10.1. The summed E-state index contributed by atoms with van der Waals surface area (Å²) in [4.78, 5) is 24.1. The molecule has 0 atom stereocenters. The van der Waals surface area contributed by atoms with Gasteiger partial charge in [0.1, 0.15) is 18.1 Å². The second-order valence-electron chi connectivity index (χ2n) is 5.63. The van der Waals surface area contributed by atoms with E-state index in [1.54, 1.807) is 0 Å². The van der Waals surface area contributed by atoms with E-state index in [4.69, 9.17) is 11.6 Å². The highest BCUT2D eigenvalue weighted by Gasteiger charge is 2.30. The quantitative estimate of drug-likeness (QED) is 0.226. The number of hydrazine groups is 1. The number of halogens is 4. The average molecular weight is 400 g/mol. The number of carbonyl (C=O) groups is 2. The number of nitrogens with zero attached hydrogens (tertiary/aromatic N) is 1. The Balaban J connectivity index is 1.88. The van der Waals surface area contributed by atoms with Crippen molar-refractivity contribution in [3.8, 4) is 5.75 Å². The van der Waals surface area contributed by atoms with Gasteiger partial charge >= 0.3 is 6.36 Å². The Kier molecular flexibility index (Phi) is 6.41. The van der Waals surface area contributed by atoms with Gasteiger partial charge in [-0.05, 0) is 35.9 Å². The van der Waals surface area contributed by atoms with Crippen LogP contribution in [0.25, 0.3) is 0 Å². The Morgan fingerprint density at radius 1 is 1.11 bits per heavy atom. The Bertz CT molecular complexity index is 856. The van der Waals surface area contributed by atoms with E-state index in [1.807, 2.05) is 0 Å². The molecule has 2 aromatic carbocycles. The molecular weight excluding hydrogens is 384 g/mol. The van der Waals surface area contributed by atoms with Crippen molar-refractivity contribution < 1.29 is 31.9 Å². The Hall–Kier alpha value is -3.34. The fraction of sp³-hybridized carbons (Fsp3) is 0.176. The van der Waals surface area contributed by atoms with Crippen LogP contribution in [-0.4, -0.2) is 29.7 Å². The van der Waals surface area contributed by atoms with Gasteiger partial charge in [-0.3, -0.25) is 14.6 Å². The van der Waals surface area contributed by atoms with Crippen molar-refractivity contribution in [2.45, 2.75) is 12.9 Å². The summed E-state index contributed by atoms with van der Waals surface area (Å²) in [7, 11) is 0. The molecule has 0 heterocycles. The number of carbonyl (C=O) groups excluding carboxylic acids is 2. The molecule has 0 aromatic heterocycles. The number of benzene rings is 2. The van der Waals surface area contributed by atoms with E-state index in [0.29, 0.717) is 10.6 Å². The first-order valence-corrected chi connectivity index (χ1v) is 7.78. The van der Waals surface area contributed by atoms with E-state index in [1.165, 1.54) is 18.2 Å². The first-order chi connectivity index (χ1) is 13.0. The number of hydrogen-bond acceptors (Lipinski definition) is 5. The molecule has 0 aliphatic heterocycles. The summed E-state index contributed by atoms with van der Waals surface area (Å²) in [5, 5.41) is 3.02. The molecule has 28 heavy (non-hydrogen) atoms. The summed E-state index contributed by atoms with van der Waals surface area (Å²) < 4.78 is 53.3. The van der Waals surface area contributed by atoms with Gasteiger partial charge in [0.25, 0.3) is 5.91 Å². The molecule has 0 unspecified atom stereocenters. The second kappa shape index (κ2) is 8.57. The molecule has 0 radical (unpaired) electrons. The molecule has 0 saturated carbocycles. The predicted molar refractivity (Wildman–Crippen MR) is 91.0 cm³/mol. The molecule has 0 aliphatic rings. The number of rotatable bonds is 6. The third-order valence-corrected chi connectivity index (χ3v) is 3.47. The van der Waals surface area contributed by atoms with Crippen molar-refractivity contribution in [1.82, 2.24) is 10.3 Å². The third-order valence-electron chi connectivity index (χ3n) is 3.47. The van der Waals surface area contributed by atoms with Crippen LogP contribution in [0.15, 0.2) is 42.5 Å². The van der Waals surface area contributed by atoms with E-state index in [2.05, 4.69) is 10.1 Å². The lowest BCUT2D eigenvalue weighted by molar-refractivity contribution is -0.274. The fourth-order valence-electron chi connectivity index (χ4n) is 2.16. The summed E-state index contributed by atoms with van der Waals surface area (Å²) >= 11 is 0. The highest BCUT2D eigenvalue weighted by Crippen LogP contribution is 2.22. The van der Waals surface area contributed by atoms with E-state index in [-0.39, 0.29) is 17.8 Å². The van der Waals surface area contributed by atoms with Gasteiger partial charge in [0.15, 0.2) is 0 Å². The van der Waals surface area contributed by atoms with Gasteiger partial charge in [-0.2, -0.15) is 0 Å². The molecule has 0 spiro atoms. The lowest BCUT2D eigenvalue weighted by Crippen LogP contribution is -2.45. The van der Waals surface area contributed by atoms with Crippen LogP contribution in [0.2, 0.25) is 0 Å². The largest absolute Gasteiger partial charge is 0.573 e. The minimum absolute atomic E-state index is 0.00317. The Labute approximate surface area is 156 Å². The van der Waals surface area contributed by atoms with Crippen molar-refractivity contribution in [3.05, 3.63) is 59.4 Å². The zero-order valence-corrected chi connectivity index (χ0v) is 14.3. The van der Waals surface area contributed by atoms with Gasteiger partial charge in [0.2, 0.25) is 5.91 Å². The monoisotopic (exact) mass is 400 g/mol. The van der Waals surface area contributed by atoms with Crippen molar-refractivity contribution in [2.24, 2.45) is 5.84 Å². The highest BCUT2D eigenvalue weighted by molar-refractivity contribution is 6.00. The van der Waals surface area contributed by atoms with E-state index < -0.39 is 36.3 Å². The van der Waals surface area contributed by atoms with Gasteiger partial charge in [0, 0.05) is 12.2 Å². The van der Waals surface area contributed by atoms with Gasteiger partial charge in [-0.25, -0.2) is 10.2 Å². The number of nitrogens with two attached hydrogens (primary N) is 2. The molecule has 0 bridgehead atoms. The van der Waals surface area contributed by atoms with Crippen molar-refractivity contribution in [2.75, 3.05) is 12.3 Å². The molecular formula is C17H16F4N4O3.